The number of carbonyl (C=O) groups excluding carboxylic acids is 3. The van der Waals surface area contributed by atoms with E-state index in [0.717, 1.165) is 24.3 Å². The summed E-state index contributed by atoms with van der Waals surface area (Å²) in [5, 5.41) is 3.59. The Morgan fingerprint density at radius 2 is 2.07 bits per heavy atom. The molecule has 0 saturated carbocycles. The lowest BCUT2D eigenvalue weighted by Crippen LogP contribution is -2.48. The normalized spacial score (nSPS) is 24.1. The number of nitrogens with zero attached hydrogens (tertiary/aromatic N) is 1. The van der Waals surface area contributed by atoms with Crippen LogP contribution < -0.4 is 10.7 Å². The number of imide groups is 1. The minimum Gasteiger partial charge on any atom is -0.318 e. The Labute approximate surface area is 167 Å². The molecule has 1 aliphatic carbocycles. The summed E-state index contributed by atoms with van der Waals surface area (Å²) in [5.74, 6) is -0.273. The molecule has 1 aromatic carbocycles. The quantitative estimate of drug-likeness (QED) is 0.777. The first-order valence-corrected chi connectivity index (χ1v) is 10.4. The highest BCUT2D eigenvalue weighted by Crippen LogP contribution is 2.33. The number of nitrogens with one attached hydrogen (secondary N) is 2. The van der Waals surface area contributed by atoms with Gasteiger partial charge in [0, 0.05) is 4.88 Å². The molecule has 2 N–H and O–H groups in total. The van der Waals surface area contributed by atoms with Gasteiger partial charge in [-0.2, -0.15) is 5.01 Å². The van der Waals surface area contributed by atoms with Gasteiger partial charge in [0.2, 0.25) is 0 Å². The van der Waals surface area contributed by atoms with Crippen LogP contribution in [-0.4, -0.2) is 22.9 Å². The third-order valence-corrected chi connectivity index (χ3v) is 6.89. The van der Waals surface area contributed by atoms with Gasteiger partial charge in [0.1, 0.15) is 5.54 Å². The summed E-state index contributed by atoms with van der Waals surface area (Å²) in [4.78, 5) is 40.1. The highest BCUT2D eigenvalue weighted by molar-refractivity contribution is 7.14. The van der Waals surface area contributed by atoms with Crippen molar-refractivity contribution in [1.82, 2.24) is 15.8 Å². The lowest BCUT2D eigenvalue weighted by molar-refractivity contribution is -0.133. The van der Waals surface area contributed by atoms with Crippen LogP contribution in [0, 0.1) is 5.92 Å². The smallest absolute Gasteiger partial charge is 0.318 e. The lowest BCUT2D eigenvalue weighted by Gasteiger charge is -2.25. The zero-order valence-corrected chi connectivity index (χ0v) is 16.8. The molecule has 1 fully saturated rings. The molecule has 4 amide bonds. The zero-order chi connectivity index (χ0) is 19.9. The van der Waals surface area contributed by atoms with E-state index in [2.05, 4.69) is 17.7 Å². The van der Waals surface area contributed by atoms with Gasteiger partial charge in [-0.25, -0.2) is 4.79 Å². The molecule has 28 heavy (non-hydrogen) atoms. The highest BCUT2D eigenvalue weighted by Gasteiger charge is 2.52. The van der Waals surface area contributed by atoms with Gasteiger partial charge in [0.25, 0.3) is 11.8 Å². The molecule has 6 nitrogen and oxygen atoms in total. The Morgan fingerprint density at radius 3 is 2.79 bits per heavy atom. The Morgan fingerprint density at radius 1 is 1.32 bits per heavy atom. The van der Waals surface area contributed by atoms with Crippen LogP contribution >= 0.6 is 11.3 Å². The van der Waals surface area contributed by atoms with Crippen LogP contribution in [0.25, 0.3) is 0 Å². The second-order valence-corrected chi connectivity index (χ2v) is 8.68. The van der Waals surface area contributed by atoms with Gasteiger partial charge in [-0.05, 0) is 48.8 Å². The molecule has 2 heterocycles. The molecule has 0 bridgehead atoms. The molecule has 146 valence electrons. The van der Waals surface area contributed by atoms with E-state index in [9.17, 15) is 14.4 Å². The maximum Gasteiger partial charge on any atom is 0.344 e. The van der Waals surface area contributed by atoms with Gasteiger partial charge < -0.3 is 5.32 Å². The van der Waals surface area contributed by atoms with Gasteiger partial charge in [0.05, 0.1) is 4.88 Å². The summed E-state index contributed by atoms with van der Waals surface area (Å²) < 4.78 is 0. The van der Waals surface area contributed by atoms with E-state index < -0.39 is 23.4 Å². The second-order valence-electron chi connectivity index (χ2n) is 7.54. The number of fused-ring (bicyclic) bond motifs is 1. The average Bonchev–Trinajstić information content (AvgIpc) is 3.23. The molecular formula is C21H23N3O3S. The first-order valence-electron chi connectivity index (χ1n) is 9.59. The zero-order valence-electron chi connectivity index (χ0n) is 16.0. The number of hydrogen-bond donors (Lipinski definition) is 2. The van der Waals surface area contributed by atoms with E-state index in [1.54, 1.807) is 0 Å². The summed E-state index contributed by atoms with van der Waals surface area (Å²) >= 11 is 1.45. The topological polar surface area (TPSA) is 78.5 Å². The molecule has 2 atom stereocenters. The van der Waals surface area contributed by atoms with E-state index in [4.69, 9.17) is 0 Å². The SMILES string of the molecule is CC[C@]1(c2ccccc2)NC(=O)N(NC(=O)c2cc3c(s2)CC[C@@H](C)C3)C1=O. The number of benzene rings is 1. The summed E-state index contributed by atoms with van der Waals surface area (Å²) in [6.07, 6.45) is 3.45. The fraction of sp³-hybridized carbons (Fsp3) is 0.381. The molecule has 1 aromatic heterocycles. The first kappa shape index (κ1) is 18.7. The highest BCUT2D eigenvalue weighted by atomic mass is 32.1. The van der Waals surface area contributed by atoms with Crippen molar-refractivity contribution in [2.24, 2.45) is 5.92 Å². The molecule has 7 heteroatoms. The Hall–Kier alpha value is -2.67. The first-order chi connectivity index (χ1) is 13.4. The molecule has 4 rings (SSSR count). The van der Waals surface area contributed by atoms with Crippen LogP contribution in [0.2, 0.25) is 0 Å². The van der Waals surface area contributed by atoms with Gasteiger partial charge in [-0.1, -0.05) is 44.2 Å². The van der Waals surface area contributed by atoms with Crippen molar-refractivity contribution in [1.29, 1.82) is 0 Å². The van der Waals surface area contributed by atoms with Crippen LogP contribution in [0.1, 0.15) is 52.4 Å². The molecule has 0 spiro atoms. The fourth-order valence-electron chi connectivity index (χ4n) is 4.01. The van der Waals surface area contributed by atoms with E-state index in [1.807, 2.05) is 43.3 Å². The Bertz CT molecular complexity index is 940. The number of hydrogen-bond acceptors (Lipinski definition) is 4. The molecule has 0 unspecified atom stereocenters. The van der Waals surface area contributed by atoms with Gasteiger partial charge in [-0.15, -0.1) is 11.3 Å². The van der Waals surface area contributed by atoms with Crippen LogP contribution in [0.15, 0.2) is 36.4 Å². The minimum absolute atomic E-state index is 0.388. The summed E-state index contributed by atoms with van der Waals surface area (Å²) in [6.45, 7) is 4.05. The number of carbonyl (C=O) groups is 3. The summed E-state index contributed by atoms with van der Waals surface area (Å²) in [7, 11) is 0. The monoisotopic (exact) mass is 397 g/mol. The van der Waals surface area contributed by atoms with Crippen LogP contribution in [0.3, 0.4) is 0 Å². The maximum absolute atomic E-state index is 13.1. The van der Waals surface area contributed by atoms with Gasteiger partial charge >= 0.3 is 6.03 Å². The molecular weight excluding hydrogens is 374 g/mol. The molecule has 2 aromatic rings. The second kappa shape index (κ2) is 7.05. The van der Waals surface area contributed by atoms with Crippen molar-refractivity contribution in [3.05, 3.63) is 57.3 Å². The van der Waals surface area contributed by atoms with Crippen molar-refractivity contribution in [3.8, 4) is 0 Å². The molecule has 0 radical (unpaired) electrons. The van der Waals surface area contributed by atoms with E-state index in [-0.39, 0.29) is 0 Å². The fourth-order valence-corrected chi connectivity index (χ4v) is 5.11. The van der Waals surface area contributed by atoms with Crippen molar-refractivity contribution in [3.63, 3.8) is 0 Å². The van der Waals surface area contributed by atoms with Crippen LogP contribution in [0.4, 0.5) is 4.79 Å². The lowest BCUT2D eigenvalue weighted by atomic mass is 9.87. The van der Waals surface area contributed by atoms with E-state index in [1.165, 1.54) is 21.8 Å². The average molecular weight is 398 g/mol. The molecule has 1 aliphatic heterocycles. The summed E-state index contributed by atoms with van der Waals surface area (Å²) in [6, 6.07) is 10.4. The number of urea groups is 1. The van der Waals surface area contributed by atoms with Crippen molar-refractivity contribution >= 4 is 29.2 Å². The van der Waals surface area contributed by atoms with Gasteiger partial charge in [0.15, 0.2) is 0 Å². The summed E-state index contributed by atoms with van der Waals surface area (Å²) in [5.41, 5.74) is 3.27. The number of aryl methyl sites for hydroxylation is 1. The standard InChI is InChI=1S/C21H23N3O3S/c1-3-21(15-7-5-4-6-8-15)19(26)24(20(27)22-21)23-18(25)17-12-14-11-13(2)9-10-16(14)28-17/h4-8,12-13H,3,9-11H2,1-2H3,(H,22,27)(H,23,25)/t13-,21-/m1/s1. The number of amides is 4. The van der Waals surface area contributed by atoms with Crippen LogP contribution in [-0.2, 0) is 23.2 Å². The van der Waals surface area contributed by atoms with E-state index in [0.29, 0.717) is 22.8 Å². The number of thiophene rings is 1. The van der Waals surface area contributed by atoms with Crippen molar-refractivity contribution in [2.75, 3.05) is 0 Å². The minimum atomic E-state index is -1.16. The van der Waals surface area contributed by atoms with Gasteiger partial charge in [-0.3, -0.25) is 15.0 Å². The van der Waals surface area contributed by atoms with Crippen molar-refractivity contribution in [2.45, 2.75) is 45.1 Å². The third kappa shape index (κ3) is 2.99. The predicted octanol–water partition coefficient (Wildman–Crippen LogP) is 3.38. The maximum atomic E-state index is 13.1. The Kier molecular flexibility index (Phi) is 4.71. The molecule has 2 aliphatic rings. The van der Waals surface area contributed by atoms with Crippen molar-refractivity contribution < 1.29 is 14.4 Å². The largest absolute Gasteiger partial charge is 0.344 e. The van der Waals surface area contributed by atoms with Crippen LogP contribution in [0.5, 0.6) is 0 Å². The number of rotatable bonds is 4. The molecule has 1 saturated heterocycles. The number of hydrazine groups is 1. The Balaban J connectivity index is 1.56. The van der Waals surface area contributed by atoms with E-state index >= 15 is 0 Å². The third-order valence-electron chi connectivity index (χ3n) is 5.65. The predicted molar refractivity (Wildman–Crippen MR) is 107 cm³/mol.